The molecule has 2 N–H and O–H groups in total. The SMILES string of the molecule is COC(=O)c1nn(-c2ccnc(OC)c2)cc1N. The Kier molecular flexibility index (Phi) is 3.13. The van der Waals surface area contributed by atoms with Crippen LogP contribution < -0.4 is 10.5 Å². The van der Waals surface area contributed by atoms with Crippen LogP contribution in [0.1, 0.15) is 10.5 Å². The van der Waals surface area contributed by atoms with E-state index in [1.165, 1.54) is 25.1 Å². The lowest BCUT2D eigenvalue weighted by Gasteiger charge is -2.02. The maximum atomic E-state index is 11.4. The summed E-state index contributed by atoms with van der Waals surface area (Å²) in [5.41, 5.74) is 6.70. The van der Waals surface area contributed by atoms with Gasteiger partial charge in [-0.05, 0) is 6.07 Å². The zero-order valence-electron chi connectivity index (χ0n) is 9.95. The van der Waals surface area contributed by atoms with E-state index in [1.807, 2.05) is 0 Å². The molecule has 0 saturated heterocycles. The molecule has 0 spiro atoms. The summed E-state index contributed by atoms with van der Waals surface area (Å²) in [7, 11) is 2.79. The Morgan fingerprint density at radius 2 is 2.22 bits per heavy atom. The van der Waals surface area contributed by atoms with E-state index in [-0.39, 0.29) is 11.4 Å². The largest absolute Gasteiger partial charge is 0.481 e. The van der Waals surface area contributed by atoms with Crippen molar-refractivity contribution >= 4 is 11.7 Å². The molecule has 2 heterocycles. The molecule has 2 rings (SSSR count). The Hall–Kier alpha value is -2.57. The summed E-state index contributed by atoms with van der Waals surface area (Å²) in [4.78, 5) is 15.4. The molecule has 0 aliphatic carbocycles. The standard InChI is InChI=1S/C11H12N4O3/c1-17-9-5-7(3-4-13-9)15-6-8(12)10(14-15)11(16)18-2/h3-6H,12H2,1-2H3. The minimum Gasteiger partial charge on any atom is -0.481 e. The van der Waals surface area contributed by atoms with Crippen molar-refractivity contribution in [1.82, 2.24) is 14.8 Å². The number of carbonyl (C=O) groups is 1. The van der Waals surface area contributed by atoms with Gasteiger partial charge in [0.1, 0.15) is 0 Å². The summed E-state index contributed by atoms with van der Waals surface area (Å²) >= 11 is 0. The van der Waals surface area contributed by atoms with E-state index in [0.717, 1.165) is 0 Å². The molecule has 0 aliphatic rings. The van der Waals surface area contributed by atoms with Crippen LogP contribution in [0.15, 0.2) is 24.5 Å². The Balaban J connectivity index is 2.42. The third-order valence-corrected chi connectivity index (χ3v) is 2.31. The van der Waals surface area contributed by atoms with Gasteiger partial charge in [-0.2, -0.15) is 5.10 Å². The van der Waals surface area contributed by atoms with Gasteiger partial charge in [0, 0.05) is 12.3 Å². The monoisotopic (exact) mass is 248 g/mol. The van der Waals surface area contributed by atoms with Crippen LogP contribution >= 0.6 is 0 Å². The van der Waals surface area contributed by atoms with E-state index in [1.54, 1.807) is 18.3 Å². The summed E-state index contributed by atoms with van der Waals surface area (Å²) < 4.78 is 11.1. The maximum absolute atomic E-state index is 11.4. The molecule has 0 saturated carbocycles. The molecule has 0 aliphatic heterocycles. The minimum absolute atomic E-state index is 0.0771. The molecule has 0 bridgehead atoms. The average molecular weight is 248 g/mol. The Labute approximate surface area is 103 Å². The lowest BCUT2D eigenvalue weighted by atomic mass is 10.4. The van der Waals surface area contributed by atoms with Crippen LogP contribution in [0.2, 0.25) is 0 Å². The fourth-order valence-corrected chi connectivity index (χ4v) is 1.43. The first kappa shape index (κ1) is 11.9. The number of nitrogens with two attached hydrogens (primary N) is 1. The lowest BCUT2D eigenvalue weighted by Crippen LogP contribution is -2.06. The van der Waals surface area contributed by atoms with Gasteiger partial charge in [-0.15, -0.1) is 0 Å². The van der Waals surface area contributed by atoms with Crippen molar-refractivity contribution in [2.24, 2.45) is 0 Å². The highest BCUT2D eigenvalue weighted by Gasteiger charge is 2.15. The number of nitrogens with zero attached hydrogens (tertiary/aromatic N) is 3. The average Bonchev–Trinajstić information content (AvgIpc) is 2.80. The number of aromatic nitrogens is 3. The zero-order valence-corrected chi connectivity index (χ0v) is 9.95. The first-order chi connectivity index (χ1) is 8.65. The van der Waals surface area contributed by atoms with Crippen LogP contribution in [0.5, 0.6) is 5.88 Å². The summed E-state index contributed by atoms with van der Waals surface area (Å²) in [5.74, 6) is -0.131. The van der Waals surface area contributed by atoms with Crippen molar-refractivity contribution in [3.05, 3.63) is 30.2 Å². The number of hydrogen-bond donors (Lipinski definition) is 1. The first-order valence-electron chi connectivity index (χ1n) is 5.09. The summed E-state index contributed by atoms with van der Waals surface area (Å²) in [5, 5.41) is 4.06. The van der Waals surface area contributed by atoms with Gasteiger partial charge in [-0.25, -0.2) is 14.5 Å². The topological polar surface area (TPSA) is 92.3 Å². The molecule has 7 heteroatoms. The summed E-state index contributed by atoms with van der Waals surface area (Å²) in [6.45, 7) is 0. The third-order valence-electron chi connectivity index (χ3n) is 2.31. The maximum Gasteiger partial charge on any atom is 0.360 e. The predicted molar refractivity (Wildman–Crippen MR) is 63.7 cm³/mol. The van der Waals surface area contributed by atoms with Gasteiger partial charge < -0.3 is 15.2 Å². The molecule has 0 unspecified atom stereocenters. The highest BCUT2D eigenvalue weighted by atomic mass is 16.5. The number of hydrogen-bond acceptors (Lipinski definition) is 6. The fourth-order valence-electron chi connectivity index (χ4n) is 1.43. The first-order valence-corrected chi connectivity index (χ1v) is 5.09. The van der Waals surface area contributed by atoms with Crippen LogP contribution in [0.4, 0.5) is 5.69 Å². The molecular formula is C11H12N4O3. The van der Waals surface area contributed by atoms with E-state index in [9.17, 15) is 4.79 Å². The molecule has 2 aromatic rings. The van der Waals surface area contributed by atoms with Gasteiger partial charge >= 0.3 is 5.97 Å². The number of nitrogen functional groups attached to an aromatic ring is 1. The number of rotatable bonds is 3. The number of esters is 1. The van der Waals surface area contributed by atoms with Crippen LogP contribution in [0, 0.1) is 0 Å². The van der Waals surface area contributed by atoms with Gasteiger partial charge in [0.15, 0.2) is 5.69 Å². The number of methoxy groups -OCH3 is 2. The van der Waals surface area contributed by atoms with E-state index in [2.05, 4.69) is 14.8 Å². The molecule has 94 valence electrons. The summed E-state index contributed by atoms with van der Waals surface area (Å²) in [6, 6.07) is 3.39. The Morgan fingerprint density at radius 1 is 1.44 bits per heavy atom. The van der Waals surface area contributed by atoms with Gasteiger partial charge in [0.05, 0.1) is 31.8 Å². The van der Waals surface area contributed by atoms with Crippen molar-refractivity contribution in [1.29, 1.82) is 0 Å². The van der Waals surface area contributed by atoms with Gasteiger partial charge in [0.25, 0.3) is 0 Å². The third kappa shape index (κ3) is 2.10. The minimum atomic E-state index is -0.577. The van der Waals surface area contributed by atoms with Crippen LogP contribution in [-0.2, 0) is 4.74 Å². The highest BCUT2D eigenvalue weighted by Crippen LogP contribution is 2.17. The van der Waals surface area contributed by atoms with Crippen molar-refractivity contribution < 1.29 is 14.3 Å². The van der Waals surface area contributed by atoms with Crippen molar-refractivity contribution in [3.8, 4) is 11.6 Å². The van der Waals surface area contributed by atoms with Gasteiger partial charge in [-0.3, -0.25) is 0 Å². The molecule has 0 atom stereocenters. The fraction of sp³-hybridized carbons (Fsp3) is 0.182. The molecule has 18 heavy (non-hydrogen) atoms. The van der Waals surface area contributed by atoms with Crippen LogP contribution in [-0.4, -0.2) is 35.0 Å². The normalized spacial score (nSPS) is 10.1. The molecule has 0 aromatic carbocycles. The van der Waals surface area contributed by atoms with E-state index < -0.39 is 5.97 Å². The van der Waals surface area contributed by atoms with Crippen molar-refractivity contribution in [2.75, 3.05) is 20.0 Å². The Morgan fingerprint density at radius 3 is 2.89 bits per heavy atom. The smallest absolute Gasteiger partial charge is 0.360 e. The molecule has 7 nitrogen and oxygen atoms in total. The molecule has 2 aromatic heterocycles. The van der Waals surface area contributed by atoms with Crippen molar-refractivity contribution in [2.45, 2.75) is 0 Å². The van der Waals surface area contributed by atoms with Crippen molar-refractivity contribution in [3.63, 3.8) is 0 Å². The molecule has 0 fully saturated rings. The van der Waals surface area contributed by atoms with Gasteiger partial charge in [-0.1, -0.05) is 0 Å². The van der Waals surface area contributed by atoms with Crippen LogP contribution in [0.25, 0.3) is 5.69 Å². The zero-order chi connectivity index (χ0) is 13.1. The van der Waals surface area contributed by atoms with E-state index in [4.69, 9.17) is 10.5 Å². The predicted octanol–water partition coefficient (Wildman–Crippen LogP) is 0.645. The second kappa shape index (κ2) is 4.74. The second-order valence-electron chi connectivity index (χ2n) is 3.43. The van der Waals surface area contributed by atoms with Gasteiger partial charge in [0.2, 0.25) is 5.88 Å². The summed E-state index contributed by atoms with van der Waals surface area (Å²) in [6.07, 6.45) is 3.10. The highest BCUT2D eigenvalue weighted by molar-refractivity contribution is 5.92. The quantitative estimate of drug-likeness (QED) is 0.801. The number of carbonyl (C=O) groups excluding carboxylic acids is 1. The number of pyridine rings is 1. The molecule has 0 radical (unpaired) electrons. The van der Waals surface area contributed by atoms with Crippen LogP contribution in [0.3, 0.4) is 0 Å². The number of ether oxygens (including phenoxy) is 2. The lowest BCUT2D eigenvalue weighted by molar-refractivity contribution is 0.0594. The van der Waals surface area contributed by atoms with E-state index >= 15 is 0 Å². The molecular weight excluding hydrogens is 236 g/mol. The molecule has 0 amide bonds. The van der Waals surface area contributed by atoms with E-state index in [0.29, 0.717) is 11.6 Å². The number of anilines is 1. The Bertz CT molecular complexity index is 579. The second-order valence-corrected chi connectivity index (χ2v) is 3.43.